The maximum Gasteiger partial charge on any atom is 0.356 e. The first kappa shape index (κ1) is 9.20. The van der Waals surface area contributed by atoms with Gasteiger partial charge in [0.25, 0.3) is 0 Å². The van der Waals surface area contributed by atoms with Crippen molar-refractivity contribution in [1.82, 2.24) is 4.90 Å². The molecule has 2 N–H and O–H groups in total. The molecule has 0 radical (unpaired) electrons. The fourth-order valence-electron chi connectivity index (χ4n) is 1.53. The van der Waals surface area contributed by atoms with E-state index in [-0.39, 0.29) is 12.2 Å². The van der Waals surface area contributed by atoms with E-state index in [4.69, 9.17) is 5.11 Å². The van der Waals surface area contributed by atoms with Gasteiger partial charge in [0.2, 0.25) is 5.91 Å². The van der Waals surface area contributed by atoms with E-state index in [1.165, 1.54) is 0 Å². The van der Waals surface area contributed by atoms with Crippen molar-refractivity contribution >= 4 is 22.7 Å². The fourth-order valence-corrected chi connectivity index (χ4v) is 2.92. The zero-order valence-corrected chi connectivity index (χ0v) is 7.78. The molecule has 1 fully saturated rings. The lowest BCUT2D eigenvalue weighted by atomic mass is 10.1. The van der Waals surface area contributed by atoms with Crippen LogP contribution in [0.5, 0.6) is 0 Å². The molecule has 0 spiro atoms. The van der Waals surface area contributed by atoms with Crippen molar-refractivity contribution in [3.8, 4) is 0 Å². The molecule has 7 heteroatoms. The SMILES string of the molecule is O=C(O)C1=C(O)CS(=O)[C@@H]2CC(=O)N12. The Balaban J connectivity index is 2.45. The van der Waals surface area contributed by atoms with Gasteiger partial charge in [-0.25, -0.2) is 4.79 Å². The van der Waals surface area contributed by atoms with Crippen molar-refractivity contribution in [3.05, 3.63) is 11.5 Å². The topological polar surface area (TPSA) is 94.9 Å². The van der Waals surface area contributed by atoms with E-state index >= 15 is 0 Å². The summed E-state index contributed by atoms with van der Waals surface area (Å²) in [5.41, 5.74) is -0.425. The van der Waals surface area contributed by atoms with Crippen molar-refractivity contribution in [3.63, 3.8) is 0 Å². The Morgan fingerprint density at radius 3 is 2.71 bits per heavy atom. The van der Waals surface area contributed by atoms with Crippen molar-refractivity contribution in [2.24, 2.45) is 0 Å². The number of amides is 1. The lowest BCUT2D eigenvalue weighted by molar-refractivity contribution is -0.146. The summed E-state index contributed by atoms with van der Waals surface area (Å²) in [6, 6.07) is 0. The number of fused-ring (bicyclic) bond motifs is 1. The molecule has 1 unspecified atom stereocenters. The fraction of sp³-hybridized carbons (Fsp3) is 0.429. The predicted octanol–water partition coefficient (Wildman–Crippen LogP) is -0.839. The van der Waals surface area contributed by atoms with Crippen molar-refractivity contribution < 1.29 is 24.0 Å². The average Bonchev–Trinajstić information content (AvgIpc) is 2.07. The quantitative estimate of drug-likeness (QED) is 0.558. The van der Waals surface area contributed by atoms with Crippen LogP contribution in [0.3, 0.4) is 0 Å². The van der Waals surface area contributed by atoms with Crippen molar-refractivity contribution in [2.45, 2.75) is 11.8 Å². The van der Waals surface area contributed by atoms with Crippen LogP contribution in [0.2, 0.25) is 0 Å². The third-order valence-electron chi connectivity index (χ3n) is 2.21. The number of aliphatic carboxylic acids is 1. The standard InChI is InChI=1S/C7H7NO5S/c9-3-2-14(13)5-1-4(10)8(5)6(3)7(11)12/h5,9H,1-2H2,(H,11,12)/t5-,14?/m1/s1. The summed E-state index contributed by atoms with van der Waals surface area (Å²) in [4.78, 5) is 22.6. The Labute approximate surface area is 81.3 Å². The molecule has 2 heterocycles. The molecule has 76 valence electrons. The molecule has 2 rings (SSSR count). The molecule has 1 amide bonds. The summed E-state index contributed by atoms with van der Waals surface area (Å²) in [6.45, 7) is 0. The van der Waals surface area contributed by atoms with Crippen molar-refractivity contribution in [1.29, 1.82) is 0 Å². The number of aliphatic hydroxyl groups is 1. The Morgan fingerprint density at radius 1 is 1.57 bits per heavy atom. The maximum absolute atomic E-state index is 11.3. The average molecular weight is 217 g/mol. The van der Waals surface area contributed by atoms with Gasteiger partial charge in [-0.05, 0) is 0 Å². The molecular weight excluding hydrogens is 210 g/mol. The van der Waals surface area contributed by atoms with Gasteiger partial charge in [-0.1, -0.05) is 0 Å². The Kier molecular flexibility index (Phi) is 1.84. The number of carbonyl (C=O) groups excluding carboxylic acids is 1. The van der Waals surface area contributed by atoms with Crippen LogP contribution in [0.1, 0.15) is 6.42 Å². The number of carboxylic acid groups (broad SMARTS) is 1. The lowest BCUT2D eigenvalue weighted by Gasteiger charge is -2.42. The van der Waals surface area contributed by atoms with Gasteiger partial charge in [-0.2, -0.15) is 0 Å². The molecular formula is C7H7NO5S. The van der Waals surface area contributed by atoms with Gasteiger partial charge in [0.05, 0.1) is 23.0 Å². The minimum atomic E-state index is -1.38. The van der Waals surface area contributed by atoms with Crippen LogP contribution in [0.15, 0.2) is 11.5 Å². The van der Waals surface area contributed by atoms with Crippen LogP contribution in [-0.4, -0.2) is 42.3 Å². The molecule has 2 atom stereocenters. The normalized spacial score (nSPS) is 31.1. The van der Waals surface area contributed by atoms with Gasteiger partial charge in [0, 0.05) is 0 Å². The van der Waals surface area contributed by atoms with Crippen molar-refractivity contribution in [2.75, 3.05) is 5.75 Å². The third kappa shape index (κ3) is 1.05. The molecule has 6 nitrogen and oxygen atoms in total. The van der Waals surface area contributed by atoms with Crippen LogP contribution in [0.4, 0.5) is 0 Å². The first-order valence-corrected chi connectivity index (χ1v) is 5.25. The number of rotatable bonds is 1. The van der Waals surface area contributed by atoms with E-state index in [1.54, 1.807) is 0 Å². The van der Waals surface area contributed by atoms with Crippen LogP contribution in [0, 0.1) is 0 Å². The minimum Gasteiger partial charge on any atom is -0.509 e. The largest absolute Gasteiger partial charge is 0.509 e. The molecule has 2 aliphatic heterocycles. The van der Waals surface area contributed by atoms with E-state index < -0.39 is 39.5 Å². The number of nitrogens with zero attached hydrogens (tertiary/aromatic N) is 1. The van der Waals surface area contributed by atoms with Gasteiger partial charge in [0.15, 0.2) is 5.70 Å². The van der Waals surface area contributed by atoms with E-state index in [2.05, 4.69) is 0 Å². The van der Waals surface area contributed by atoms with Gasteiger partial charge in [0.1, 0.15) is 11.1 Å². The van der Waals surface area contributed by atoms with Crippen LogP contribution >= 0.6 is 0 Å². The summed E-state index contributed by atoms with van der Waals surface area (Å²) < 4.78 is 11.3. The molecule has 1 saturated heterocycles. The minimum absolute atomic E-state index is 0.0939. The van der Waals surface area contributed by atoms with Crippen LogP contribution in [0.25, 0.3) is 0 Å². The number of aliphatic hydroxyl groups excluding tert-OH is 1. The van der Waals surface area contributed by atoms with Gasteiger partial charge in [-0.3, -0.25) is 13.9 Å². The molecule has 14 heavy (non-hydrogen) atoms. The number of carboxylic acids is 1. The highest BCUT2D eigenvalue weighted by molar-refractivity contribution is 7.86. The maximum atomic E-state index is 11.3. The number of β-lactam (4-membered cyclic amide) rings is 1. The van der Waals surface area contributed by atoms with E-state index in [1.807, 2.05) is 0 Å². The summed E-state index contributed by atoms with van der Waals surface area (Å²) in [6.07, 6.45) is 0.0939. The molecule has 2 aliphatic rings. The van der Waals surface area contributed by atoms with E-state index in [9.17, 15) is 18.9 Å². The molecule has 0 saturated carbocycles. The van der Waals surface area contributed by atoms with Crippen LogP contribution < -0.4 is 0 Å². The van der Waals surface area contributed by atoms with Gasteiger partial charge < -0.3 is 10.2 Å². The smallest absolute Gasteiger partial charge is 0.356 e. The molecule has 0 aromatic rings. The highest BCUT2D eigenvalue weighted by Gasteiger charge is 2.49. The van der Waals surface area contributed by atoms with Gasteiger partial charge >= 0.3 is 5.97 Å². The summed E-state index contributed by atoms with van der Waals surface area (Å²) in [7, 11) is -1.38. The zero-order valence-electron chi connectivity index (χ0n) is 6.97. The zero-order chi connectivity index (χ0) is 10.5. The first-order chi connectivity index (χ1) is 6.52. The Morgan fingerprint density at radius 2 is 2.21 bits per heavy atom. The van der Waals surface area contributed by atoms with E-state index in [0.717, 1.165) is 4.90 Å². The first-order valence-electron chi connectivity index (χ1n) is 3.87. The molecule has 0 aliphatic carbocycles. The second-order valence-corrected chi connectivity index (χ2v) is 4.64. The van der Waals surface area contributed by atoms with Gasteiger partial charge in [-0.15, -0.1) is 0 Å². The third-order valence-corrected chi connectivity index (χ3v) is 3.75. The number of hydrogen-bond acceptors (Lipinski definition) is 4. The highest BCUT2D eigenvalue weighted by Crippen LogP contribution is 2.33. The Hall–Kier alpha value is -1.37. The predicted molar refractivity (Wildman–Crippen MR) is 45.6 cm³/mol. The monoisotopic (exact) mass is 217 g/mol. The molecule has 0 aromatic heterocycles. The summed E-state index contributed by atoms with van der Waals surface area (Å²) >= 11 is 0. The van der Waals surface area contributed by atoms with Crippen LogP contribution in [-0.2, 0) is 20.4 Å². The summed E-state index contributed by atoms with van der Waals surface area (Å²) in [5, 5.41) is 17.4. The Bertz CT molecular complexity index is 388. The molecule has 0 aromatic carbocycles. The highest BCUT2D eigenvalue weighted by atomic mass is 32.2. The lowest BCUT2D eigenvalue weighted by Crippen LogP contribution is -2.58. The number of carbonyl (C=O) groups is 2. The van der Waals surface area contributed by atoms with E-state index in [0.29, 0.717) is 0 Å². The second-order valence-electron chi connectivity index (χ2n) is 3.05. The second kappa shape index (κ2) is 2.81. The number of hydrogen-bond donors (Lipinski definition) is 2. The molecule has 0 bridgehead atoms. The summed E-state index contributed by atoms with van der Waals surface area (Å²) in [5.74, 6) is -2.44.